The molecule has 1 aromatic carbocycles. The molecule has 0 radical (unpaired) electrons. The van der Waals surface area contributed by atoms with Crippen LogP contribution in [0.15, 0.2) is 30.3 Å². The van der Waals surface area contributed by atoms with Crippen molar-refractivity contribution in [2.45, 2.75) is 51.2 Å². The van der Waals surface area contributed by atoms with E-state index in [-0.39, 0.29) is 25.1 Å². The molecule has 5 amide bonds. The number of carboxylic acid groups (broad SMARTS) is 2. The van der Waals surface area contributed by atoms with Gasteiger partial charge in [0.25, 0.3) is 5.91 Å². The van der Waals surface area contributed by atoms with Crippen molar-refractivity contribution >= 4 is 35.7 Å². The first-order valence-electron chi connectivity index (χ1n) is 11.0. The van der Waals surface area contributed by atoms with Gasteiger partial charge in [0.15, 0.2) is 6.04 Å². The molecule has 1 aliphatic heterocycles. The Balaban J connectivity index is 2.46. The van der Waals surface area contributed by atoms with Crippen molar-refractivity contribution in [3.8, 4) is 0 Å². The van der Waals surface area contributed by atoms with E-state index in [2.05, 4.69) is 5.32 Å². The van der Waals surface area contributed by atoms with Gasteiger partial charge in [0.05, 0.1) is 6.42 Å². The Bertz CT molecular complexity index is 985. The lowest BCUT2D eigenvalue weighted by Gasteiger charge is -2.34. The number of rotatable bonds is 12. The number of carbonyl (C=O) groups excluding carboxylic acids is 4. The Labute approximate surface area is 201 Å². The zero-order valence-corrected chi connectivity index (χ0v) is 19.4. The standard InChI is InChI=1S/C22H29N5O8/c1-3-25-15(10-7-11-23)20(32)27(22(25)35)26(13(2)28)16(12-17(29)30)19(31)24-18(21(33)34)14-8-5-4-6-9-14/h4-6,8-9,15-16,18H,3,7,10-12,23H2,1-2H3,(H,24,31)(H,29,30)(H,33,34)/t15-,16-,18-/m0/s1. The van der Waals surface area contributed by atoms with E-state index in [1.807, 2.05) is 0 Å². The first kappa shape index (κ1) is 27.2. The number of hydrogen-bond acceptors (Lipinski definition) is 7. The predicted molar refractivity (Wildman–Crippen MR) is 120 cm³/mol. The van der Waals surface area contributed by atoms with Crippen molar-refractivity contribution in [2.75, 3.05) is 13.1 Å². The average Bonchev–Trinajstić information content (AvgIpc) is 3.04. The van der Waals surface area contributed by atoms with E-state index in [0.29, 0.717) is 16.4 Å². The molecule has 5 N–H and O–H groups in total. The molecular weight excluding hydrogens is 462 g/mol. The molecule has 13 nitrogen and oxygen atoms in total. The highest BCUT2D eigenvalue weighted by Gasteiger charge is 2.50. The number of benzene rings is 1. The van der Waals surface area contributed by atoms with E-state index in [4.69, 9.17) is 5.73 Å². The number of hydrogen-bond donors (Lipinski definition) is 4. The van der Waals surface area contributed by atoms with Crippen molar-refractivity contribution < 1.29 is 39.0 Å². The second-order valence-electron chi connectivity index (χ2n) is 7.83. The number of hydrazine groups is 1. The Morgan fingerprint density at radius 1 is 1.14 bits per heavy atom. The Kier molecular flexibility index (Phi) is 9.28. The van der Waals surface area contributed by atoms with Gasteiger partial charge in [-0.2, -0.15) is 5.01 Å². The molecule has 13 heteroatoms. The van der Waals surface area contributed by atoms with Crippen LogP contribution in [0.4, 0.5) is 4.79 Å². The summed E-state index contributed by atoms with van der Waals surface area (Å²) in [5.74, 6) is -5.85. The lowest BCUT2D eigenvalue weighted by atomic mass is 10.1. The Morgan fingerprint density at radius 3 is 2.26 bits per heavy atom. The van der Waals surface area contributed by atoms with E-state index >= 15 is 0 Å². The Morgan fingerprint density at radius 2 is 1.77 bits per heavy atom. The summed E-state index contributed by atoms with van der Waals surface area (Å²) in [6, 6.07) is 2.36. The molecule has 3 atom stereocenters. The first-order valence-corrected chi connectivity index (χ1v) is 11.0. The van der Waals surface area contributed by atoms with Gasteiger partial charge < -0.3 is 26.2 Å². The molecule has 0 aliphatic carbocycles. The van der Waals surface area contributed by atoms with Gasteiger partial charge in [0.1, 0.15) is 12.1 Å². The van der Waals surface area contributed by atoms with Crippen LogP contribution in [0.3, 0.4) is 0 Å². The van der Waals surface area contributed by atoms with Crippen LogP contribution >= 0.6 is 0 Å². The minimum Gasteiger partial charge on any atom is -0.481 e. The molecular formula is C22H29N5O8. The Hall–Kier alpha value is -4.00. The van der Waals surface area contributed by atoms with Crippen LogP contribution in [-0.4, -0.2) is 86.0 Å². The summed E-state index contributed by atoms with van der Waals surface area (Å²) in [4.78, 5) is 76.6. The smallest absolute Gasteiger partial charge is 0.346 e. The number of urea groups is 1. The van der Waals surface area contributed by atoms with Crippen molar-refractivity contribution in [1.82, 2.24) is 20.2 Å². The highest BCUT2D eigenvalue weighted by molar-refractivity contribution is 6.06. The van der Waals surface area contributed by atoms with Gasteiger partial charge in [-0.25, -0.2) is 14.6 Å². The third-order valence-corrected chi connectivity index (χ3v) is 5.49. The number of amides is 5. The van der Waals surface area contributed by atoms with Crippen LogP contribution in [0.25, 0.3) is 0 Å². The summed E-state index contributed by atoms with van der Waals surface area (Å²) >= 11 is 0. The van der Waals surface area contributed by atoms with Gasteiger partial charge in [-0.15, -0.1) is 0 Å². The average molecular weight is 492 g/mol. The van der Waals surface area contributed by atoms with E-state index in [1.54, 1.807) is 25.1 Å². The normalized spacial score (nSPS) is 17.2. The van der Waals surface area contributed by atoms with Crippen molar-refractivity contribution in [1.29, 1.82) is 0 Å². The summed E-state index contributed by atoms with van der Waals surface area (Å²) in [7, 11) is 0. The molecule has 35 heavy (non-hydrogen) atoms. The molecule has 0 aromatic heterocycles. The lowest BCUT2D eigenvalue weighted by Crippen LogP contribution is -2.60. The van der Waals surface area contributed by atoms with Gasteiger partial charge in [-0.1, -0.05) is 30.3 Å². The minimum atomic E-state index is -1.88. The molecule has 1 saturated heterocycles. The quantitative estimate of drug-likeness (QED) is 0.290. The van der Waals surface area contributed by atoms with Crippen LogP contribution in [0.1, 0.15) is 44.7 Å². The SMILES string of the molecule is CCN1C(=O)N(N(C(C)=O)[C@@H](CC(=O)O)C(=O)N[C@H](C(=O)O)c2ccccc2)C(=O)[C@@H]1CCCN. The summed E-state index contributed by atoms with van der Waals surface area (Å²) in [6.45, 7) is 2.97. The summed E-state index contributed by atoms with van der Waals surface area (Å²) in [5, 5.41) is 22.2. The van der Waals surface area contributed by atoms with Crippen LogP contribution < -0.4 is 11.1 Å². The molecule has 0 spiro atoms. The summed E-state index contributed by atoms with van der Waals surface area (Å²) in [6.07, 6.45) is -0.365. The molecule has 0 unspecified atom stereocenters. The fourth-order valence-corrected chi connectivity index (χ4v) is 3.90. The topological polar surface area (TPSA) is 191 Å². The third kappa shape index (κ3) is 6.12. The number of imide groups is 1. The second kappa shape index (κ2) is 11.9. The summed E-state index contributed by atoms with van der Waals surface area (Å²) in [5.41, 5.74) is 5.72. The number of aliphatic carboxylic acids is 2. The van der Waals surface area contributed by atoms with Gasteiger partial charge in [0, 0.05) is 13.5 Å². The molecule has 1 aromatic rings. The maximum absolute atomic E-state index is 13.2. The largest absolute Gasteiger partial charge is 0.481 e. The fraction of sp³-hybridized carbons (Fsp3) is 0.455. The van der Waals surface area contributed by atoms with E-state index < -0.39 is 60.2 Å². The first-order chi connectivity index (χ1) is 16.5. The van der Waals surface area contributed by atoms with E-state index in [1.165, 1.54) is 17.0 Å². The van der Waals surface area contributed by atoms with Crippen molar-refractivity contribution in [2.24, 2.45) is 5.73 Å². The highest BCUT2D eigenvalue weighted by Crippen LogP contribution is 2.26. The number of carbonyl (C=O) groups is 6. The molecule has 1 heterocycles. The molecule has 2 rings (SSSR count). The van der Waals surface area contributed by atoms with Crippen LogP contribution in [0.5, 0.6) is 0 Å². The van der Waals surface area contributed by atoms with Gasteiger partial charge in [0.2, 0.25) is 11.8 Å². The molecule has 0 bridgehead atoms. The number of likely N-dealkylation sites (N-methyl/N-ethyl adjacent to an activating group) is 1. The minimum absolute atomic E-state index is 0.118. The monoisotopic (exact) mass is 491 g/mol. The fourth-order valence-electron chi connectivity index (χ4n) is 3.90. The number of nitrogens with zero attached hydrogens (tertiary/aromatic N) is 3. The second-order valence-corrected chi connectivity index (χ2v) is 7.83. The number of carboxylic acids is 2. The zero-order valence-electron chi connectivity index (χ0n) is 19.4. The maximum atomic E-state index is 13.2. The lowest BCUT2D eigenvalue weighted by molar-refractivity contribution is -0.165. The third-order valence-electron chi connectivity index (χ3n) is 5.49. The highest BCUT2D eigenvalue weighted by atomic mass is 16.4. The molecule has 190 valence electrons. The van der Waals surface area contributed by atoms with Crippen molar-refractivity contribution in [3.05, 3.63) is 35.9 Å². The maximum Gasteiger partial charge on any atom is 0.346 e. The molecule has 1 aliphatic rings. The zero-order chi connectivity index (χ0) is 26.3. The van der Waals surface area contributed by atoms with E-state index in [9.17, 15) is 39.0 Å². The van der Waals surface area contributed by atoms with Gasteiger partial charge in [-0.05, 0) is 31.9 Å². The molecule has 0 saturated carbocycles. The van der Waals surface area contributed by atoms with Crippen LogP contribution in [0.2, 0.25) is 0 Å². The van der Waals surface area contributed by atoms with Gasteiger partial charge >= 0.3 is 18.0 Å². The number of nitrogens with one attached hydrogen (secondary N) is 1. The summed E-state index contributed by atoms with van der Waals surface area (Å²) < 4.78 is 0. The van der Waals surface area contributed by atoms with Crippen molar-refractivity contribution in [3.63, 3.8) is 0 Å². The number of nitrogens with two attached hydrogens (primary N) is 1. The molecule has 1 fully saturated rings. The van der Waals surface area contributed by atoms with E-state index in [0.717, 1.165) is 6.92 Å². The predicted octanol–water partition coefficient (Wildman–Crippen LogP) is -0.0731. The van der Waals surface area contributed by atoms with Crippen LogP contribution in [0, 0.1) is 0 Å². The van der Waals surface area contributed by atoms with Crippen LogP contribution in [-0.2, 0) is 24.0 Å². The van der Waals surface area contributed by atoms with Gasteiger partial charge in [-0.3, -0.25) is 19.2 Å².